The molecular weight excluding hydrogens is 281 g/mol. The Labute approximate surface area is 122 Å². The molecule has 0 heterocycles. The van der Waals surface area contributed by atoms with Crippen LogP contribution < -0.4 is 15.2 Å². The summed E-state index contributed by atoms with van der Waals surface area (Å²) < 4.78 is 24.1. The molecule has 2 aromatic carbocycles. The third-order valence-electron chi connectivity index (χ3n) is 2.67. The molecule has 20 heavy (non-hydrogen) atoms. The van der Waals surface area contributed by atoms with E-state index in [-0.39, 0.29) is 11.6 Å². The van der Waals surface area contributed by atoms with Crippen LogP contribution in [-0.2, 0) is 6.61 Å². The summed E-state index contributed by atoms with van der Waals surface area (Å²) in [4.78, 5) is 0. The van der Waals surface area contributed by atoms with Crippen molar-refractivity contribution < 1.29 is 13.9 Å². The van der Waals surface area contributed by atoms with E-state index in [2.05, 4.69) is 0 Å². The zero-order chi connectivity index (χ0) is 14.5. The highest BCUT2D eigenvalue weighted by atomic mass is 35.5. The molecule has 106 valence electrons. The highest BCUT2D eigenvalue weighted by Crippen LogP contribution is 2.25. The Hall–Kier alpha value is -1.94. The molecule has 0 aliphatic carbocycles. The lowest BCUT2D eigenvalue weighted by Gasteiger charge is -2.12. The van der Waals surface area contributed by atoms with Gasteiger partial charge in [0.1, 0.15) is 23.9 Å². The number of ether oxygens (including phenoxy) is 2. The van der Waals surface area contributed by atoms with Crippen molar-refractivity contribution in [3.63, 3.8) is 0 Å². The van der Waals surface area contributed by atoms with Crippen LogP contribution in [0.2, 0.25) is 5.02 Å². The Morgan fingerprint density at radius 2 is 1.95 bits per heavy atom. The average Bonchev–Trinajstić information content (AvgIpc) is 2.43. The Bertz CT molecular complexity index is 604. The molecule has 0 unspecified atom stereocenters. The first-order chi connectivity index (χ1) is 9.60. The molecule has 0 spiro atoms. The predicted molar refractivity (Wildman–Crippen MR) is 77.8 cm³/mol. The normalized spacial score (nSPS) is 10.3. The minimum absolute atomic E-state index is 0.0279. The summed E-state index contributed by atoms with van der Waals surface area (Å²) in [6, 6.07) is 9.58. The summed E-state index contributed by atoms with van der Waals surface area (Å²) >= 11 is 5.70. The summed E-state index contributed by atoms with van der Waals surface area (Å²) in [5, 5.41) is 0.0279. The van der Waals surface area contributed by atoms with Gasteiger partial charge in [0.15, 0.2) is 0 Å². The maximum absolute atomic E-state index is 13.1. The highest BCUT2D eigenvalue weighted by Gasteiger charge is 2.07. The van der Waals surface area contributed by atoms with Crippen molar-refractivity contribution >= 4 is 17.3 Å². The lowest BCUT2D eigenvalue weighted by Crippen LogP contribution is -2.02. The molecule has 0 radical (unpaired) electrons. The van der Waals surface area contributed by atoms with Crippen molar-refractivity contribution in [3.8, 4) is 11.5 Å². The van der Waals surface area contributed by atoms with Crippen LogP contribution in [0.15, 0.2) is 36.4 Å². The van der Waals surface area contributed by atoms with Crippen LogP contribution in [0.5, 0.6) is 11.5 Å². The molecule has 0 aromatic heterocycles. The van der Waals surface area contributed by atoms with Crippen LogP contribution in [0.25, 0.3) is 0 Å². The van der Waals surface area contributed by atoms with E-state index < -0.39 is 5.82 Å². The summed E-state index contributed by atoms with van der Waals surface area (Å²) in [7, 11) is 0. The number of rotatable bonds is 5. The topological polar surface area (TPSA) is 44.5 Å². The number of benzene rings is 2. The van der Waals surface area contributed by atoms with Crippen LogP contribution in [-0.4, -0.2) is 6.61 Å². The van der Waals surface area contributed by atoms with E-state index in [1.54, 1.807) is 18.2 Å². The van der Waals surface area contributed by atoms with Crippen molar-refractivity contribution in [2.75, 3.05) is 12.3 Å². The van der Waals surface area contributed by atoms with Crippen LogP contribution >= 0.6 is 11.6 Å². The first-order valence-corrected chi connectivity index (χ1v) is 6.57. The smallest absolute Gasteiger partial charge is 0.142 e. The molecule has 0 saturated carbocycles. The van der Waals surface area contributed by atoms with E-state index in [1.807, 2.05) is 6.92 Å². The third-order valence-corrected chi connectivity index (χ3v) is 2.96. The van der Waals surface area contributed by atoms with Gasteiger partial charge in [-0.25, -0.2) is 4.39 Å². The molecular formula is C15H15ClFNO2. The predicted octanol–water partition coefficient (Wildman–Crippen LogP) is 4.04. The van der Waals surface area contributed by atoms with E-state index >= 15 is 0 Å². The molecule has 0 amide bonds. The zero-order valence-corrected chi connectivity index (χ0v) is 11.8. The van der Waals surface area contributed by atoms with E-state index in [0.717, 1.165) is 11.3 Å². The number of hydrogen-bond acceptors (Lipinski definition) is 3. The second kappa shape index (κ2) is 6.48. The Morgan fingerprint density at radius 1 is 1.15 bits per heavy atom. The van der Waals surface area contributed by atoms with Crippen LogP contribution in [0.4, 0.5) is 10.1 Å². The van der Waals surface area contributed by atoms with Crippen LogP contribution in [0, 0.1) is 5.82 Å². The molecule has 3 nitrogen and oxygen atoms in total. The van der Waals surface area contributed by atoms with E-state index in [0.29, 0.717) is 18.0 Å². The van der Waals surface area contributed by atoms with E-state index in [4.69, 9.17) is 26.8 Å². The second-order valence-corrected chi connectivity index (χ2v) is 4.57. The SMILES string of the molecule is CCOc1ccc(N)cc1COc1ccc(F)c(Cl)c1. The number of nitrogens with two attached hydrogens (primary N) is 1. The van der Waals surface area contributed by atoms with Gasteiger partial charge in [-0.05, 0) is 37.3 Å². The molecule has 5 heteroatoms. The molecule has 2 rings (SSSR count). The van der Waals surface area contributed by atoms with Gasteiger partial charge in [0.25, 0.3) is 0 Å². The zero-order valence-electron chi connectivity index (χ0n) is 11.0. The quantitative estimate of drug-likeness (QED) is 0.847. The highest BCUT2D eigenvalue weighted by molar-refractivity contribution is 6.30. The molecule has 0 aliphatic rings. The van der Waals surface area contributed by atoms with Gasteiger partial charge < -0.3 is 15.2 Å². The van der Waals surface area contributed by atoms with Gasteiger partial charge in [-0.15, -0.1) is 0 Å². The van der Waals surface area contributed by atoms with E-state index in [9.17, 15) is 4.39 Å². The van der Waals surface area contributed by atoms with Crippen molar-refractivity contribution in [1.29, 1.82) is 0 Å². The van der Waals surface area contributed by atoms with E-state index in [1.165, 1.54) is 18.2 Å². The third kappa shape index (κ3) is 3.54. The molecule has 0 fully saturated rings. The summed E-state index contributed by atoms with van der Waals surface area (Å²) in [6.45, 7) is 2.72. The molecule has 2 N–H and O–H groups in total. The number of hydrogen-bond donors (Lipinski definition) is 1. The summed E-state index contributed by atoms with van der Waals surface area (Å²) in [6.07, 6.45) is 0. The van der Waals surface area contributed by atoms with Crippen molar-refractivity contribution in [1.82, 2.24) is 0 Å². The van der Waals surface area contributed by atoms with Gasteiger partial charge in [0, 0.05) is 17.3 Å². The van der Waals surface area contributed by atoms with Crippen molar-refractivity contribution in [2.45, 2.75) is 13.5 Å². The lowest BCUT2D eigenvalue weighted by atomic mass is 10.2. The first kappa shape index (κ1) is 14.5. The Morgan fingerprint density at radius 3 is 2.65 bits per heavy atom. The van der Waals surface area contributed by atoms with Gasteiger partial charge in [0.05, 0.1) is 11.6 Å². The fourth-order valence-corrected chi connectivity index (χ4v) is 1.91. The molecule has 2 aromatic rings. The number of nitrogen functional groups attached to an aromatic ring is 1. The number of anilines is 1. The molecule has 0 saturated heterocycles. The lowest BCUT2D eigenvalue weighted by molar-refractivity contribution is 0.286. The summed E-state index contributed by atoms with van der Waals surface area (Å²) in [5.74, 6) is 0.731. The van der Waals surface area contributed by atoms with Gasteiger partial charge >= 0.3 is 0 Å². The maximum Gasteiger partial charge on any atom is 0.142 e. The molecule has 0 atom stereocenters. The van der Waals surface area contributed by atoms with Crippen molar-refractivity contribution in [3.05, 3.63) is 52.8 Å². The standard InChI is InChI=1S/C15H15ClFNO2/c1-2-19-15-6-3-11(18)7-10(15)9-20-12-4-5-14(17)13(16)8-12/h3-8H,2,9,18H2,1H3. The Balaban J connectivity index is 2.13. The minimum Gasteiger partial charge on any atom is -0.493 e. The molecule has 0 bridgehead atoms. The fraction of sp³-hybridized carbons (Fsp3) is 0.200. The average molecular weight is 296 g/mol. The minimum atomic E-state index is -0.474. The largest absolute Gasteiger partial charge is 0.493 e. The fourth-order valence-electron chi connectivity index (χ4n) is 1.74. The summed E-state index contributed by atoms with van der Waals surface area (Å²) in [5.41, 5.74) is 7.21. The van der Waals surface area contributed by atoms with Crippen LogP contribution in [0.3, 0.4) is 0 Å². The monoisotopic (exact) mass is 295 g/mol. The molecule has 0 aliphatic heterocycles. The second-order valence-electron chi connectivity index (χ2n) is 4.16. The number of halogens is 2. The first-order valence-electron chi connectivity index (χ1n) is 6.19. The van der Waals surface area contributed by atoms with Gasteiger partial charge in [0.2, 0.25) is 0 Å². The van der Waals surface area contributed by atoms with Crippen molar-refractivity contribution in [2.24, 2.45) is 0 Å². The van der Waals surface area contributed by atoms with Gasteiger partial charge in [-0.1, -0.05) is 11.6 Å². The Kier molecular flexibility index (Phi) is 4.69. The maximum atomic E-state index is 13.1. The van der Waals surface area contributed by atoms with Crippen LogP contribution in [0.1, 0.15) is 12.5 Å². The van der Waals surface area contributed by atoms with Gasteiger partial charge in [-0.3, -0.25) is 0 Å². The van der Waals surface area contributed by atoms with Gasteiger partial charge in [-0.2, -0.15) is 0 Å².